The number of carbonyl (C=O) groups excluding carboxylic acids is 2. The second-order valence-electron chi connectivity index (χ2n) is 5.18. The molecule has 114 valence electrons. The highest BCUT2D eigenvalue weighted by Gasteiger charge is 2.28. The van der Waals surface area contributed by atoms with Gasteiger partial charge in [-0.3, -0.25) is 9.59 Å². The van der Waals surface area contributed by atoms with Gasteiger partial charge in [0, 0.05) is 36.2 Å². The fourth-order valence-electron chi connectivity index (χ4n) is 2.49. The van der Waals surface area contributed by atoms with Crippen LogP contribution in [-0.2, 0) is 4.79 Å². The predicted molar refractivity (Wildman–Crippen MR) is 84.8 cm³/mol. The van der Waals surface area contributed by atoms with Crippen LogP contribution in [0.15, 0.2) is 28.7 Å². The molecule has 1 saturated heterocycles. The Morgan fingerprint density at radius 3 is 2.71 bits per heavy atom. The van der Waals surface area contributed by atoms with Crippen LogP contribution in [0.4, 0.5) is 0 Å². The average molecular weight is 354 g/mol. The molecular formula is C15H20BrN3O2. The maximum absolute atomic E-state index is 12.5. The summed E-state index contributed by atoms with van der Waals surface area (Å²) in [6.45, 7) is 2.09. The van der Waals surface area contributed by atoms with Crippen LogP contribution in [0.1, 0.15) is 23.2 Å². The molecule has 2 amide bonds. The lowest BCUT2D eigenvalue weighted by molar-refractivity contribution is -0.126. The minimum Gasteiger partial charge on any atom is -0.355 e. The zero-order valence-electron chi connectivity index (χ0n) is 11.8. The molecule has 21 heavy (non-hydrogen) atoms. The van der Waals surface area contributed by atoms with Crippen molar-refractivity contribution in [3.8, 4) is 0 Å². The van der Waals surface area contributed by atoms with E-state index in [2.05, 4.69) is 21.2 Å². The van der Waals surface area contributed by atoms with Crippen molar-refractivity contribution in [3.63, 3.8) is 0 Å². The van der Waals surface area contributed by atoms with E-state index in [0.717, 1.165) is 17.3 Å². The van der Waals surface area contributed by atoms with Gasteiger partial charge in [0.15, 0.2) is 0 Å². The smallest absolute Gasteiger partial charge is 0.253 e. The number of nitrogens with zero attached hydrogens (tertiary/aromatic N) is 1. The molecule has 0 aliphatic carbocycles. The van der Waals surface area contributed by atoms with E-state index in [1.165, 1.54) is 0 Å². The van der Waals surface area contributed by atoms with Gasteiger partial charge in [-0.15, -0.1) is 0 Å². The van der Waals surface area contributed by atoms with Gasteiger partial charge in [-0.1, -0.05) is 15.9 Å². The Morgan fingerprint density at radius 2 is 2.05 bits per heavy atom. The van der Waals surface area contributed by atoms with Gasteiger partial charge in [-0.25, -0.2) is 0 Å². The number of amides is 2. The zero-order valence-corrected chi connectivity index (χ0v) is 13.4. The van der Waals surface area contributed by atoms with E-state index in [4.69, 9.17) is 5.73 Å². The Morgan fingerprint density at radius 1 is 1.33 bits per heavy atom. The van der Waals surface area contributed by atoms with Crippen LogP contribution in [0, 0.1) is 5.92 Å². The zero-order chi connectivity index (χ0) is 15.2. The van der Waals surface area contributed by atoms with Crippen molar-refractivity contribution in [2.24, 2.45) is 11.7 Å². The van der Waals surface area contributed by atoms with Gasteiger partial charge < -0.3 is 16.0 Å². The third kappa shape index (κ3) is 4.28. The maximum Gasteiger partial charge on any atom is 0.253 e. The van der Waals surface area contributed by atoms with Crippen LogP contribution in [0.5, 0.6) is 0 Å². The van der Waals surface area contributed by atoms with Gasteiger partial charge in [-0.05, 0) is 37.1 Å². The Balaban J connectivity index is 1.98. The molecule has 1 unspecified atom stereocenters. The third-order valence-electron chi connectivity index (χ3n) is 3.61. The highest BCUT2D eigenvalue weighted by molar-refractivity contribution is 9.10. The van der Waals surface area contributed by atoms with E-state index in [9.17, 15) is 9.59 Å². The molecule has 1 aliphatic rings. The SMILES string of the molecule is NCCNC(=O)C1CCCN(C(=O)c2ccc(Br)cc2)C1. The van der Waals surface area contributed by atoms with E-state index in [0.29, 0.717) is 31.7 Å². The minimum atomic E-state index is -0.135. The molecule has 1 atom stereocenters. The lowest BCUT2D eigenvalue weighted by Gasteiger charge is -2.32. The number of nitrogens with two attached hydrogens (primary N) is 1. The number of piperidine rings is 1. The van der Waals surface area contributed by atoms with Crippen molar-refractivity contribution in [2.75, 3.05) is 26.2 Å². The molecule has 5 nitrogen and oxygen atoms in total. The van der Waals surface area contributed by atoms with Crippen LogP contribution >= 0.6 is 15.9 Å². The second kappa shape index (κ2) is 7.56. The quantitative estimate of drug-likeness (QED) is 0.858. The minimum absolute atomic E-state index is 0.00578. The standard InChI is InChI=1S/C15H20BrN3O2/c16-13-5-3-11(4-6-13)15(21)19-9-1-2-12(10-19)14(20)18-8-7-17/h3-6,12H,1-2,7-10,17H2,(H,18,20). The monoisotopic (exact) mass is 353 g/mol. The van der Waals surface area contributed by atoms with E-state index < -0.39 is 0 Å². The molecule has 0 saturated carbocycles. The van der Waals surface area contributed by atoms with E-state index >= 15 is 0 Å². The summed E-state index contributed by atoms with van der Waals surface area (Å²) in [5.41, 5.74) is 6.04. The molecule has 1 aromatic rings. The van der Waals surface area contributed by atoms with Gasteiger partial charge >= 0.3 is 0 Å². The van der Waals surface area contributed by atoms with Crippen LogP contribution in [-0.4, -0.2) is 42.9 Å². The van der Waals surface area contributed by atoms with Gasteiger partial charge in [-0.2, -0.15) is 0 Å². The summed E-state index contributed by atoms with van der Waals surface area (Å²) in [7, 11) is 0. The van der Waals surface area contributed by atoms with E-state index in [1.807, 2.05) is 12.1 Å². The van der Waals surface area contributed by atoms with Gasteiger partial charge in [0.05, 0.1) is 5.92 Å². The van der Waals surface area contributed by atoms with Gasteiger partial charge in [0.25, 0.3) is 5.91 Å². The summed E-state index contributed by atoms with van der Waals surface area (Å²) >= 11 is 3.36. The van der Waals surface area contributed by atoms with Crippen molar-refractivity contribution in [1.82, 2.24) is 10.2 Å². The van der Waals surface area contributed by atoms with Crippen molar-refractivity contribution in [3.05, 3.63) is 34.3 Å². The number of hydrogen-bond donors (Lipinski definition) is 2. The number of nitrogens with one attached hydrogen (secondary N) is 1. The highest BCUT2D eigenvalue weighted by atomic mass is 79.9. The predicted octanol–water partition coefficient (Wildman–Crippen LogP) is 1.38. The summed E-state index contributed by atoms with van der Waals surface area (Å²) < 4.78 is 0.941. The molecule has 1 aliphatic heterocycles. The van der Waals surface area contributed by atoms with E-state index in [-0.39, 0.29) is 17.7 Å². The van der Waals surface area contributed by atoms with Crippen molar-refractivity contribution in [2.45, 2.75) is 12.8 Å². The van der Waals surface area contributed by atoms with Crippen molar-refractivity contribution >= 4 is 27.7 Å². The lowest BCUT2D eigenvalue weighted by atomic mass is 9.96. The summed E-state index contributed by atoms with van der Waals surface area (Å²) in [5, 5.41) is 2.80. The van der Waals surface area contributed by atoms with E-state index in [1.54, 1.807) is 17.0 Å². The molecule has 0 spiro atoms. The van der Waals surface area contributed by atoms with Crippen LogP contribution in [0.3, 0.4) is 0 Å². The first kappa shape index (κ1) is 16.0. The van der Waals surface area contributed by atoms with Gasteiger partial charge in [0.2, 0.25) is 5.91 Å². The number of benzene rings is 1. The number of rotatable bonds is 4. The summed E-state index contributed by atoms with van der Waals surface area (Å²) in [6, 6.07) is 7.29. The first-order valence-electron chi connectivity index (χ1n) is 7.14. The third-order valence-corrected chi connectivity index (χ3v) is 4.14. The van der Waals surface area contributed by atoms with Crippen LogP contribution < -0.4 is 11.1 Å². The second-order valence-corrected chi connectivity index (χ2v) is 6.09. The fraction of sp³-hybridized carbons (Fsp3) is 0.467. The number of hydrogen-bond acceptors (Lipinski definition) is 3. The lowest BCUT2D eigenvalue weighted by Crippen LogP contribution is -2.46. The molecule has 1 fully saturated rings. The summed E-state index contributed by atoms with van der Waals surface area (Å²) in [4.78, 5) is 26.2. The maximum atomic E-state index is 12.5. The summed E-state index contributed by atoms with van der Waals surface area (Å²) in [6.07, 6.45) is 1.67. The normalized spacial score (nSPS) is 18.4. The van der Waals surface area contributed by atoms with Gasteiger partial charge in [0.1, 0.15) is 0 Å². The summed E-state index contributed by atoms with van der Waals surface area (Å²) in [5.74, 6) is -0.155. The molecule has 3 N–H and O–H groups in total. The van der Waals surface area contributed by atoms with Crippen LogP contribution in [0.2, 0.25) is 0 Å². The topological polar surface area (TPSA) is 75.4 Å². The number of likely N-dealkylation sites (tertiary alicyclic amines) is 1. The number of carbonyl (C=O) groups is 2. The molecular weight excluding hydrogens is 334 g/mol. The molecule has 6 heteroatoms. The molecule has 0 radical (unpaired) electrons. The first-order valence-corrected chi connectivity index (χ1v) is 7.93. The largest absolute Gasteiger partial charge is 0.355 e. The molecule has 0 aromatic heterocycles. The van der Waals surface area contributed by atoms with Crippen molar-refractivity contribution in [1.29, 1.82) is 0 Å². The Hall–Kier alpha value is -1.40. The first-order chi connectivity index (χ1) is 10.1. The fourth-order valence-corrected chi connectivity index (χ4v) is 2.75. The Labute approximate surface area is 133 Å². The van der Waals surface area contributed by atoms with Crippen LogP contribution in [0.25, 0.3) is 0 Å². The number of halogens is 1. The Bertz CT molecular complexity index is 504. The van der Waals surface area contributed by atoms with Crippen molar-refractivity contribution < 1.29 is 9.59 Å². The highest BCUT2D eigenvalue weighted by Crippen LogP contribution is 2.19. The Kier molecular flexibility index (Phi) is 5.76. The average Bonchev–Trinajstić information content (AvgIpc) is 2.52. The molecule has 1 aromatic carbocycles. The molecule has 2 rings (SSSR count). The molecule has 0 bridgehead atoms. The molecule has 1 heterocycles.